The molecule has 0 bridgehead atoms. The van der Waals surface area contributed by atoms with Crippen LogP contribution in [0.15, 0.2) is 36.8 Å². The summed E-state index contributed by atoms with van der Waals surface area (Å²) >= 11 is 0. The molecule has 0 atom stereocenters. The van der Waals surface area contributed by atoms with Crippen molar-refractivity contribution in [2.45, 2.75) is 45.6 Å². The lowest BCUT2D eigenvalue weighted by molar-refractivity contribution is 0.0525. The molecule has 128 valence electrons. The summed E-state index contributed by atoms with van der Waals surface area (Å²) in [4.78, 5) is 24.5. The van der Waals surface area contributed by atoms with E-state index in [-0.39, 0.29) is 5.54 Å². The molecule has 1 fully saturated rings. The predicted molar refractivity (Wildman–Crippen MR) is 92.7 cm³/mol. The number of carbonyl (C=O) groups is 1. The summed E-state index contributed by atoms with van der Waals surface area (Å²) in [5, 5.41) is 3.37. The molecule has 2 aromatic rings. The van der Waals surface area contributed by atoms with Gasteiger partial charge >= 0.3 is 5.97 Å². The van der Waals surface area contributed by atoms with Gasteiger partial charge in [-0.1, -0.05) is 19.9 Å². The fraction of sp³-hybridized carbons (Fsp3) is 0.444. The van der Waals surface area contributed by atoms with Gasteiger partial charge < -0.3 is 10.1 Å². The third kappa shape index (κ3) is 3.88. The fourth-order valence-electron chi connectivity index (χ4n) is 2.55. The Morgan fingerprint density at radius 1 is 1.21 bits per heavy atom. The van der Waals surface area contributed by atoms with E-state index >= 15 is 0 Å². The van der Waals surface area contributed by atoms with E-state index in [0.29, 0.717) is 18.1 Å². The number of esters is 1. The van der Waals surface area contributed by atoms with Crippen molar-refractivity contribution >= 4 is 11.9 Å². The van der Waals surface area contributed by atoms with E-state index in [1.54, 1.807) is 13.1 Å². The van der Waals surface area contributed by atoms with Gasteiger partial charge in [-0.2, -0.15) is 0 Å². The molecule has 0 unspecified atom stereocenters. The molecule has 0 spiro atoms. The number of hydrogen-bond acceptors (Lipinski definition) is 6. The zero-order valence-electron chi connectivity index (χ0n) is 14.5. The number of aromatic nitrogens is 3. The molecule has 0 radical (unpaired) electrons. The van der Waals surface area contributed by atoms with Crippen LogP contribution < -0.4 is 5.32 Å². The zero-order chi connectivity index (χ0) is 17.4. The molecule has 24 heavy (non-hydrogen) atoms. The van der Waals surface area contributed by atoms with Crippen molar-refractivity contribution < 1.29 is 9.53 Å². The SMILES string of the molecule is CC.CCOC(=O)c1cnc(NC2(c3ccccn3)CCC2)nc1. The van der Waals surface area contributed by atoms with Gasteiger partial charge in [0, 0.05) is 18.6 Å². The Labute approximate surface area is 142 Å². The van der Waals surface area contributed by atoms with Crippen LogP contribution in [0.3, 0.4) is 0 Å². The summed E-state index contributed by atoms with van der Waals surface area (Å²) in [6.45, 7) is 6.10. The van der Waals surface area contributed by atoms with Crippen LogP contribution in [0.1, 0.15) is 56.1 Å². The quantitative estimate of drug-likeness (QED) is 0.846. The summed E-state index contributed by atoms with van der Waals surface area (Å²) in [5.74, 6) is 0.0931. The topological polar surface area (TPSA) is 77.0 Å². The van der Waals surface area contributed by atoms with Gasteiger partial charge in [-0.15, -0.1) is 0 Å². The predicted octanol–water partition coefficient (Wildman–Crippen LogP) is 3.57. The third-order valence-corrected chi connectivity index (χ3v) is 3.88. The number of rotatable bonds is 5. The lowest BCUT2D eigenvalue weighted by Gasteiger charge is -2.42. The molecule has 0 aliphatic heterocycles. The molecule has 1 aliphatic rings. The number of carbonyl (C=O) groups excluding carboxylic acids is 1. The number of pyridine rings is 1. The Balaban J connectivity index is 0.00000100. The van der Waals surface area contributed by atoms with Gasteiger partial charge in [0.1, 0.15) is 0 Å². The molecule has 0 saturated heterocycles. The van der Waals surface area contributed by atoms with Crippen LogP contribution in [-0.4, -0.2) is 27.5 Å². The molecule has 0 aromatic carbocycles. The van der Waals surface area contributed by atoms with E-state index < -0.39 is 5.97 Å². The fourth-order valence-corrected chi connectivity index (χ4v) is 2.55. The molecule has 6 heteroatoms. The molecule has 2 aromatic heterocycles. The summed E-state index contributed by atoms with van der Waals surface area (Å²) in [6.07, 6.45) is 7.89. The molecule has 0 amide bonds. The largest absolute Gasteiger partial charge is 0.462 e. The van der Waals surface area contributed by atoms with Crippen LogP contribution in [0, 0.1) is 0 Å². The number of hydrogen-bond donors (Lipinski definition) is 1. The minimum Gasteiger partial charge on any atom is -0.462 e. The summed E-state index contributed by atoms with van der Waals surface area (Å²) < 4.78 is 4.92. The van der Waals surface area contributed by atoms with Crippen LogP contribution in [0.25, 0.3) is 0 Å². The molecule has 6 nitrogen and oxygen atoms in total. The first kappa shape index (κ1) is 17.8. The Morgan fingerprint density at radius 3 is 2.42 bits per heavy atom. The van der Waals surface area contributed by atoms with E-state index in [1.165, 1.54) is 12.4 Å². The highest BCUT2D eigenvalue weighted by Crippen LogP contribution is 2.42. The molecule has 1 N–H and O–H groups in total. The van der Waals surface area contributed by atoms with Gasteiger partial charge in [-0.3, -0.25) is 4.98 Å². The summed E-state index contributed by atoms with van der Waals surface area (Å²) in [6, 6.07) is 5.90. The second kappa shape index (κ2) is 8.38. The monoisotopic (exact) mass is 328 g/mol. The van der Waals surface area contributed by atoms with Crippen molar-refractivity contribution in [3.63, 3.8) is 0 Å². The lowest BCUT2D eigenvalue weighted by Crippen LogP contribution is -2.43. The minimum atomic E-state index is -0.405. The Morgan fingerprint density at radius 2 is 1.92 bits per heavy atom. The van der Waals surface area contributed by atoms with Crippen molar-refractivity contribution in [1.82, 2.24) is 15.0 Å². The van der Waals surface area contributed by atoms with Gasteiger partial charge in [0.15, 0.2) is 0 Å². The number of nitrogens with one attached hydrogen (secondary N) is 1. The Kier molecular flexibility index (Phi) is 6.23. The van der Waals surface area contributed by atoms with Gasteiger partial charge in [-0.05, 0) is 38.3 Å². The van der Waals surface area contributed by atoms with Crippen molar-refractivity contribution in [3.05, 3.63) is 48.0 Å². The first-order valence-corrected chi connectivity index (χ1v) is 8.42. The van der Waals surface area contributed by atoms with Crippen molar-refractivity contribution in [3.8, 4) is 0 Å². The van der Waals surface area contributed by atoms with E-state index in [1.807, 2.05) is 32.0 Å². The van der Waals surface area contributed by atoms with Crippen LogP contribution in [0.2, 0.25) is 0 Å². The van der Waals surface area contributed by atoms with Crippen LogP contribution in [-0.2, 0) is 10.3 Å². The zero-order valence-corrected chi connectivity index (χ0v) is 14.5. The minimum absolute atomic E-state index is 0.202. The van der Waals surface area contributed by atoms with E-state index in [0.717, 1.165) is 25.0 Å². The molecule has 2 heterocycles. The first-order chi connectivity index (χ1) is 11.7. The smallest absolute Gasteiger partial charge is 0.341 e. The highest BCUT2D eigenvalue weighted by Gasteiger charge is 2.40. The molecule has 3 rings (SSSR count). The van der Waals surface area contributed by atoms with Gasteiger partial charge in [0.25, 0.3) is 0 Å². The van der Waals surface area contributed by atoms with Gasteiger partial charge in [0.05, 0.1) is 23.4 Å². The average molecular weight is 328 g/mol. The Bertz CT molecular complexity index is 640. The van der Waals surface area contributed by atoms with Gasteiger partial charge in [-0.25, -0.2) is 14.8 Å². The van der Waals surface area contributed by atoms with Gasteiger partial charge in [0.2, 0.25) is 5.95 Å². The highest BCUT2D eigenvalue weighted by molar-refractivity contribution is 5.88. The second-order valence-corrected chi connectivity index (χ2v) is 5.29. The molecular weight excluding hydrogens is 304 g/mol. The maximum absolute atomic E-state index is 11.6. The number of ether oxygens (including phenoxy) is 1. The van der Waals surface area contributed by atoms with E-state index in [4.69, 9.17) is 4.74 Å². The molecule has 1 aliphatic carbocycles. The van der Waals surface area contributed by atoms with Crippen LogP contribution in [0.5, 0.6) is 0 Å². The standard InChI is InChI=1S/C16H18N4O2.C2H6/c1-2-22-14(21)12-10-18-15(19-11-12)20-16(7-5-8-16)13-6-3-4-9-17-13;1-2/h3-4,6,9-11H,2,5,7-8H2,1H3,(H,18,19,20);1-2H3. The molecular formula is C18H24N4O2. The van der Waals surface area contributed by atoms with E-state index in [9.17, 15) is 4.79 Å². The summed E-state index contributed by atoms with van der Waals surface area (Å²) in [5.41, 5.74) is 1.15. The first-order valence-electron chi connectivity index (χ1n) is 8.42. The van der Waals surface area contributed by atoms with Crippen molar-refractivity contribution in [1.29, 1.82) is 0 Å². The molecule has 1 saturated carbocycles. The summed E-state index contributed by atoms with van der Waals surface area (Å²) in [7, 11) is 0. The van der Waals surface area contributed by atoms with E-state index in [2.05, 4.69) is 20.3 Å². The van der Waals surface area contributed by atoms with Crippen molar-refractivity contribution in [2.24, 2.45) is 0 Å². The average Bonchev–Trinajstić information content (AvgIpc) is 2.61. The number of anilines is 1. The normalized spacial score (nSPS) is 14.6. The van der Waals surface area contributed by atoms with Crippen molar-refractivity contribution in [2.75, 3.05) is 11.9 Å². The Hall–Kier alpha value is -2.50. The maximum atomic E-state index is 11.6. The highest BCUT2D eigenvalue weighted by atomic mass is 16.5. The maximum Gasteiger partial charge on any atom is 0.341 e. The number of nitrogens with zero attached hydrogens (tertiary/aromatic N) is 3. The van der Waals surface area contributed by atoms with Crippen LogP contribution in [0.4, 0.5) is 5.95 Å². The van der Waals surface area contributed by atoms with Crippen LogP contribution >= 0.6 is 0 Å². The lowest BCUT2D eigenvalue weighted by atomic mass is 9.74. The second-order valence-electron chi connectivity index (χ2n) is 5.29. The third-order valence-electron chi connectivity index (χ3n) is 3.88.